The molecule has 0 spiro atoms. The molecule has 122 valence electrons. The van der Waals surface area contributed by atoms with E-state index in [4.69, 9.17) is 0 Å². The molecule has 1 aromatic rings. The SMILES string of the molecule is CSc1ccccc1NC(=O)CN(C)CC(=O)NCC(C)C. The van der Waals surface area contributed by atoms with Crippen LogP contribution >= 0.6 is 11.8 Å². The summed E-state index contributed by atoms with van der Waals surface area (Å²) in [6.45, 7) is 5.13. The Morgan fingerprint density at radius 2 is 1.82 bits per heavy atom. The largest absolute Gasteiger partial charge is 0.355 e. The summed E-state index contributed by atoms with van der Waals surface area (Å²) in [7, 11) is 1.76. The Morgan fingerprint density at radius 1 is 1.18 bits per heavy atom. The molecule has 0 aliphatic carbocycles. The Morgan fingerprint density at radius 3 is 2.45 bits per heavy atom. The zero-order chi connectivity index (χ0) is 16.5. The van der Waals surface area contributed by atoms with Gasteiger partial charge in [0.15, 0.2) is 0 Å². The third-order valence-electron chi connectivity index (χ3n) is 2.92. The van der Waals surface area contributed by atoms with E-state index in [-0.39, 0.29) is 24.9 Å². The maximum absolute atomic E-state index is 12.0. The van der Waals surface area contributed by atoms with Gasteiger partial charge in [0, 0.05) is 11.4 Å². The molecule has 6 heteroatoms. The van der Waals surface area contributed by atoms with Gasteiger partial charge in [0.25, 0.3) is 0 Å². The number of thioether (sulfide) groups is 1. The zero-order valence-corrected chi connectivity index (χ0v) is 14.5. The van der Waals surface area contributed by atoms with Crippen LogP contribution in [0.2, 0.25) is 0 Å². The van der Waals surface area contributed by atoms with Crippen LogP contribution in [0.25, 0.3) is 0 Å². The van der Waals surface area contributed by atoms with Crippen molar-refractivity contribution in [2.75, 3.05) is 38.3 Å². The number of rotatable bonds is 8. The van der Waals surface area contributed by atoms with Gasteiger partial charge in [-0.15, -0.1) is 11.8 Å². The Bertz CT molecular complexity index is 506. The van der Waals surface area contributed by atoms with Crippen LogP contribution in [0.3, 0.4) is 0 Å². The number of carbonyl (C=O) groups excluding carboxylic acids is 2. The molecule has 2 amide bonds. The predicted octanol–water partition coefficient (Wildman–Crippen LogP) is 2.05. The smallest absolute Gasteiger partial charge is 0.238 e. The highest BCUT2D eigenvalue weighted by Crippen LogP contribution is 2.24. The van der Waals surface area contributed by atoms with Gasteiger partial charge in [-0.1, -0.05) is 26.0 Å². The second-order valence-electron chi connectivity index (χ2n) is 5.62. The first-order chi connectivity index (χ1) is 10.4. The number of anilines is 1. The normalized spacial score (nSPS) is 10.8. The Balaban J connectivity index is 2.42. The lowest BCUT2D eigenvalue weighted by molar-refractivity contribution is -0.123. The summed E-state index contributed by atoms with van der Waals surface area (Å²) in [5.41, 5.74) is 0.803. The molecule has 0 aromatic heterocycles. The zero-order valence-electron chi connectivity index (χ0n) is 13.7. The van der Waals surface area contributed by atoms with E-state index in [2.05, 4.69) is 10.6 Å². The van der Waals surface area contributed by atoms with Crippen LogP contribution < -0.4 is 10.6 Å². The number of hydrogen-bond donors (Lipinski definition) is 2. The highest BCUT2D eigenvalue weighted by Gasteiger charge is 2.12. The van der Waals surface area contributed by atoms with Crippen LogP contribution in [0.4, 0.5) is 5.69 Å². The number of nitrogens with zero attached hydrogens (tertiary/aromatic N) is 1. The molecule has 1 aromatic carbocycles. The minimum atomic E-state index is -0.124. The number of benzene rings is 1. The standard InChI is InChI=1S/C16H25N3O2S/c1-12(2)9-17-15(20)10-19(3)11-16(21)18-13-7-5-6-8-14(13)22-4/h5-8,12H,9-11H2,1-4H3,(H,17,20)(H,18,21). The summed E-state index contributed by atoms with van der Waals surface area (Å²) >= 11 is 1.58. The van der Waals surface area contributed by atoms with E-state index < -0.39 is 0 Å². The number of carbonyl (C=O) groups is 2. The second kappa shape index (κ2) is 9.48. The van der Waals surface area contributed by atoms with Crippen molar-refractivity contribution in [2.45, 2.75) is 18.7 Å². The lowest BCUT2D eigenvalue weighted by Crippen LogP contribution is -2.40. The molecule has 2 N–H and O–H groups in total. The lowest BCUT2D eigenvalue weighted by atomic mass is 10.2. The van der Waals surface area contributed by atoms with Crippen LogP contribution in [0.5, 0.6) is 0 Å². The third-order valence-corrected chi connectivity index (χ3v) is 3.71. The molecule has 0 aliphatic heterocycles. The molecule has 0 aliphatic rings. The lowest BCUT2D eigenvalue weighted by Gasteiger charge is -2.17. The van der Waals surface area contributed by atoms with Crippen LogP contribution in [0.15, 0.2) is 29.2 Å². The van der Waals surface area contributed by atoms with Gasteiger partial charge in [0.05, 0.1) is 18.8 Å². The number of para-hydroxylation sites is 1. The summed E-state index contributed by atoms with van der Waals surface area (Å²) in [5, 5.41) is 5.72. The van der Waals surface area contributed by atoms with Crippen molar-refractivity contribution in [1.82, 2.24) is 10.2 Å². The van der Waals surface area contributed by atoms with Crippen LogP contribution in [-0.4, -0.2) is 49.7 Å². The molecule has 0 fully saturated rings. The molecule has 0 radical (unpaired) electrons. The van der Waals surface area contributed by atoms with Crippen molar-refractivity contribution in [3.63, 3.8) is 0 Å². The van der Waals surface area contributed by atoms with Gasteiger partial charge in [0.1, 0.15) is 0 Å². The first kappa shape index (κ1) is 18.5. The topological polar surface area (TPSA) is 61.4 Å². The second-order valence-corrected chi connectivity index (χ2v) is 6.47. The van der Waals surface area contributed by atoms with Crippen molar-refractivity contribution in [3.05, 3.63) is 24.3 Å². The van der Waals surface area contributed by atoms with Gasteiger partial charge in [-0.3, -0.25) is 14.5 Å². The first-order valence-electron chi connectivity index (χ1n) is 7.30. The highest BCUT2D eigenvalue weighted by atomic mass is 32.2. The van der Waals surface area contributed by atoms with E-state index in [0.29, 0.717) is 12.5 Å². The molecule has 0 saturated carbocycles. The van der Waals surface area contributed by atoms with E-state index in [1.807, 2.05) is 44.4 Å². The number of hydrogen-bond acceptors (Lipinski definition) is 4. The summed E-state index contributed by atoms with van der Waals surface area (Å²) in [6.07, 6.45) is 1.97. The van der Waals surface area contributed by atoms with E-state index >= 15 is 0 Å². The van der Waals surface area contributed by atoms with Gasteiger partial charge in [-0.25, -0.2) is 0 Å². The third kappa shape index (κ3) is 6.95. The minimum Gasteiger partial charge on any atom is -0.355 e. The average molecular weight is 323 g/mol. The van der Waals surface area contributed by atoms with E-state index in [1.165, 1.54) is 0 Å². The van der Waals surface area contributed by atoms with Crippen molar-refractivity contribution in [3.8, 4) is 0 Å². The van der Waals surface area contributed by atoms with Crippen LogP contribution in [0.1, 0.15) is 13.8 Å². The summed E-state index contributed by atoms with van der Waals surface area (Å²) in [5.74, 6) is 0.231. The van der Waals surface area contributed by atoms with Crippen molar-refractivity contribution in [2.24, 2.45) is 5.92 Å². The molecule has 0 saturated heterocycles. The molecule has 22 heavy (non-hydrogen) atoms. The van der Waals surface area contributed by atoms with Gasteiger partial charge >= 0.3 is 0 Å². The van der Waals surface area contributed by atoms with Gasteiger partial charge in [-0.2, -0.15) is 0 Å². The van der Waals surface area contributed by atoms with Crippen molar-refractivity contribution in [1.29, 1.82) is 0 Å². The Kier molecular flexibility index (Phi) is 7.98. The molecule has 1 rings (SSSR count). The maximum Gasteiger partial charge on any atom is 0.238 e. The summed E-state index contributed by atoms with van der Waals surface area (Å²) < 4.78 is 0. The van der Waals surface area contributed by atoms with Crippen LogP contribution in [0, 0.1) is 5.92 Å². The monoisotopic (exact) mass is 323 g/mol. The molecule has 0 unspecified atom stereocenters. The molecule has 0 bridgehead atoms. The quantitative estimate of drug-likeness (QED) is 0.719. The fourth-order valence-corrected chi connectivity index (χ4v) is 2.41. The molecular weight excluding hydrogens is 298 g/mol. The number of nitrogens with one attached hydrogen (secondary N) is 2. The fourth-order valence-electron chi connectivity index (χ4n) is 1.86. The molecule has 0 atom stereocenters. The molecule has 5 nitrogen and oxygen atoms in total. The summed E-state index contributed by atoms with van der Waals surface area (Å²) in [4.78, 5) is 26.5. The molecule has 0 heterocycles. The van der Waals surface area contributed by atoms with E-state index in [0.717, 1.165) is 10.6 Å². The highest BCUT2D eigenvalue weighted by molar-refractivity contribution is 7.98. The number of likely N-dealkylation sites (N-methyl/N-ethyl adjacent to an activating group) is 1. The maximum atomic E-state index is 12.0. The Hall–Kier alpha value is -1.53. The first-order valence-corrected chi connectivity index (χ1v) is 8.53. The van der Waals surface area contributed by atoms with Gasteiger partial charge < -0.3 is 10.6 Å². The van der Waals surface area contributed by atoms with Gasteiger partial charge in [-0.05, 0) is 31.4 Å². The fraction of sp³-hybridized carbons (Fsp3) is 0.500. The average Bonchev–Trinajstić information content (AvgIpc) is 2.45. The van der Waals surface area contributed by atoms with Crippen molar-refractivity contribution < 1.29 is 9.59 Å². The molecular formula is C16H25N3O2S. The Labute approximate surface area is 136 Å². The van der Waals surface area contributed by atoms with Crippen molar-refractivity contribution >= 4 is 29.3 Å². The predicted molar refractivity (Wildman–Crippen MR) is 92.2 cm³/mol. The minimum absolute atomic E-state index is 0.0616. The van der Waals surface area contributed by atoms with E-state index in [9.17, 15) is 9.59 Å². The van der Waals surface area contributed by atoms with Crippen LogP contribution in [-0.2, 0) is 9.59 Å². The summed E-state index contributed by atoms with van der Waals surface area (Å²) in [6, 6.07) is 7.66. The van der Waals surface area contributed by atoms with Gasteiger partial charge in [0.2, 0.25) is 11.8 Å². The number of amides is 2. The van der Waals surface area contributed by atoms with E-state index in [1.54, 1.807) is 23.7 Å².